The van der Waals surface area contributed by atoms with Crippen LogP contribution in [0.5, 0.6) is 5.75 Å². The van der Waals surface area contributed by atoms with Gasteiger partial charge in [-0.25, -0.2) is 0 Å². The van der Waals surface area contributed by atoms with Crippen LogP contribution in [0.4, 0.5) is 5.69 Å². The van der Waals surface area contributed by atoms with Gasteiger partial charge in [-0.3, -0.25) is 0 Å². The van der Waals surface area contributed by atoms with Crippen LogP contribution in [0.1, 0.15) is 26.7 Å². The van der Waals surface area contributed by atoms with E-state index in [4.69, 9.17) is 9.47 Å². The second-order valence-corrected chi connectivity index (χ2v) is 5.79. The van der Waals surface area contributed by atoms with Crippen molar-refractivity contribution in [1.29, 1.82) is 0 Å². The summed E-state index contributed by atoms with van der Waals surface area (Å²) < 4.78 is 11.0. The molecule has 0 amide bonds. The maximum absolute atomic E-state index is 9.82. The van der Waals surface area contributed by atoms with Crippen LogP contribution in [-0.2, 0) is 4.74 Å². The molecule has 4 heteroatoms. The van der Waals surface area contributed by atoms with Gasteiger partial charge < -0.3 is 19.5 Å². The normalized spacial score (nSPS) is 20.3. The van der Waals surface area contributed by atoms with Crippen LogP contribution in [0.3, 0.4) is 0 Å². The molecule has 2 atom stereocenters. The van der Waals surface area contributed by atoms with Gasteiger partial charge in [0.25, 0.3) is 0 Å². The molecule has 1 heterocycles. The summed E-state index contributed by atoms with van der Waals surface area (Å²) in [4.78, 5) is 2.39. The van der Waals surface area contributed by atoms with E-state index >= 15 is 0 Å². The molecule has 0 radical (unpaired) electrons. The third-order valence-electron chi connectivity index (χ3n) is 3.81. The fourth-order valence-corrected chi connectivity index (χ4v) is 2.74. The highest BCUT2D eigenvalue weighted by molar-refractivity contribution is 5.58. The number of benzene rings is 1. The Morgan fingerprint density at radius 3 is 2.90 bits per heavy atom. The van der Waals surface area contributed by atoms with E-state index in [0.29, 0.717) is 13.2 Å². The number of aliphatic hydroxyl groups excluding tert-OH is 1. The summed E-state index contributed by atoms with van der Waals surface area (Å²) in [5.41, 5.74) is 1.13. The van der Waals surface area contributed by atoms with Crippen molar-refractivity contribution in [3.8, 4) is 5.75 Å². The van der Waals surface area contributed by atoms with Crippen molar-refractivity contribution in [2.75, 3.05) is 37.8 Å². The summed E-state index contributed by atoms with van der Waals surface area (Å²) >= 11 is 0. The highest BCUT2D eigenvalue weighted by Gasteiger charge is 2.19. The molecule has 0 unspecified atom stereocenters. The molecule has 1 aliphatic rings. The second-order valence-electron chi connectivity index (χ2n) is 5.79. The molecule has 1 saturated heterocycles. The third-order valence-corrected chi connectivity index (χ3v) is 3.81. The first-order chi connectivity index (χ1) is 10.2. The Bertz CT molecular complexity index is 424. The molecule has 2 rings (SSSR count). The van der Waals surface area contributed by atoms with Crippen LogP contribution in [0.2, 0.25) is 0 Å². The lowest BCUT2D eigenvalue weighted by Crippen LogP contribution is -2.34. The summed E-state index contributed by atoms with van der Waals surface area (Å²) in [6, 6.07) is 8.09. The molecule has 0 spiro atoms. The highest BCUT2D eigenvalue weighted by Crippen LogP contribution is 2.31. The Hall–Kier alpha value is -1.26. The number of piperidine rings is 1. The topological polar surface area (TPSA) is 41.9 Å². The van der Waals surface area contributed by atoms with Gasteiger partial charge in [-0.05, 0) is 37.8 Å². The van der Waals surface area contributed by atoms with Gasteiger partial charge in [0.15, 0.2) is 0 Å². The quantitative estimate of drug-likeness (QED) is 0.839. The maximum atomic E-state index is 9.82. The Balaban J connectivity index is 1.96. The van der Waals surface area contributed by atoms with Gasteiger partial charge in [-0.2, -0.15) is 0 Å². The number of para-hydroxylation sites is 2. The number of hydrogen-bond donors (Lipinski definition) is 1. The third kappa shape index (κ3) is 4.90. The fourth-order valence-electron chi connectivity index (χ4n) is 2.74. The van der Waals surface area contributed by atoms with Crippen LogP contribution in [0.25, 0.3) is 0 Å². The maximum Gasteiger partial charge on any atom is 0.142 e. The van der Waals surface area contributed by atoms with Gasteiger partial charge in [-0.1, -0.05) is 19.1 Å². The average Bonchev–Trinajstić information content (AvgIpc) is 2.51. The molecule has 1 fully saturated rings. The van der Waals surface area contributed by atoms with Crippen molar-refractivity contribution in [1.82, 2.24) is 0 Å². The molecule has 0 aliphatic carbocycles. The monoisotopic (exact) mass is 293 g/mol. The van der Waals surface area contributed by atoms with Crippen molar-refractivity contribution in [3.05, 3.63) is 24.3 Å². The molecule has 0 aromatic heterocycles. The predicted octanol–water partition coefficient (Wildman–Crippen LogP) is 2.70. The molecular weight excluding hydrogens is 266 g/mol. The molecule has 0 bridgehead atoms. The summed E-state index contributed by atoms with van der Waals surface area (Å²) in [6.45, 7) is 7.55. The van der Waals surface area contributed by atoms with Crippen LogP contribution in [0, 0.1) is 5.92 Å². The lowest BCUT2D eigenvalue weighted by atomic mass is 9.99. The van der Waals surface area contributed by atoms with Crippen molar-refractivity contribution in [3.63, 3.8) is 0 Å². The number of aliphatic hydroxyl groups is 1. The summed E-state index contributed by atoms with van der Waals surface area (Å²) in [7, 11) is 0. The van der Waals surface area contributed by atoms with E-state index in [-0.39, 0.29) is 6.61 Å². The van der Waals surface area contributed by atoms with Gasteiger partial charge in [0, 0.05) is 19.7 Å². The lowest BCUT2D eigenvalue weighted by Gasteiger charge is -2.33. The lowest BCUT2D eigenvalue weighted by molar-refractivity contribution is 0.0165. The van der Waals surface area contributed by atoms with Crippen LogP contribution >= 0.6 is 0 Å². The standard InChI is InChI=1S/C17H27NO3/c1-3-20-12-15(19)13-21-17-9-5-4-8-16(17)18-10-6-7-14(2)11-18/h4-5,8-9,14-15,19H,3,6-7,10-13H2,1-2H3/t14-,15+/m0/s1. The van der Waals surface area contributed by atoms with Crippen molar-refractivity contribution >= 4 is 5.69 Å². The number of hydrogen-bond acceptors (Lipinski definition) is 4. The highest BCUT2D eigenvalue weighted by atomic mass is 16.5. The fraction of sp³-hybridized carbons (Fsp3) is 0.647. The minimum Gasteiger partial charge on any atom is -0.489 e. The molecule has 1 aromatic carbocycles. The second kappa shape index (κ2) is 8.25. The number of anilines is 1. The van der Waals surface area contributed by atoms with E-state index < -0.39 is 6.10 Å². The molecule has 1 aliphatic heterocycles. The number of nitrogens with zero attached hydrogens (tertiary/aromatic N) is 1. The SMILES string of the molecule is CCOC[C@@H](O)COc1ccccc1N1CCC[C@H](C)C1. The Morgan fingerprint density at radius 1 is 1.33 bits per heavy atom. The molecule has 4 nitrogen and oxygen atoms in total. The smallest absolute Gasteiger partial charge is 0.142 e. The predicted molar refractivity (Wildman–Crippen MR) is 85.0 cm³/mol. The van der Waals surface area contributed by atoms with Crippen molar-refractivity contribution in [2.45, 2.75) is 32.8 Å². The number of rotatable bonds is 7. The van der Waals surface area contributed by atoms with Crippen LogP contribution in [-0.4, -0.2) is 44.1 Å². The molecule has 0 saturated carbocycles. The molecule has 1 aromatic rings. The minimum absolute atomic E-state index is 0.264. The first-order valence-electron chi connectivity index (χ1n) is 7.93. The zero-order valence-corrected chi connectivity index (χ0v) is 13.1. The minimum atomic E-state index is -0.585. The van der Waals surface area contributed by atoms with Gasteiger partial charge >= 0.3 is 0 Å². The molecular formula is C17H27NO3. The van der Waals surface area contributed by atoms with Gasteiger partial charge in [0.2, 0.25) is 0 Å². The van der Waals surface area contributed by atoms with Crippen LogP contribution < -0.4 is 9.64 Å². The van der Waals surface area contributed by atoms with Gasteiger partial charge in [0.1, 0.15) is 18.5 Å². The Kier molecular flexibility index (Phi) is 6.33. The Labute approximate surface area is 127 Å². The largest absolute Gasteiger partial charge is 0.489 e. The van der Waals surface area contributed by atoms with E-state index in [2.05, 4.69) is 17.9 Å². The van der Waals surface area contributed by atoms with Crippen LogP contribution in [0.15, 0.2) is 24.3 Å². The van der Waals surface area contributed by atoms with Gasteiger partial charge in [-0.15, -0.1) is 0 Å². The number of ether oxygens (including phenoxy) is 2. The average molecular weight is 293 g/mol. The van der Waals surface area contributed by atoms with Crippen molar-refractivity contribution in [2.24, 2.45) is 5.92 Å². The zero-order chi connectivity index (χ0) is 15.1. The van der Waals surface area contributed by atoms with Gasteiger partial charge in [0.05, 0.1) is 12.3 Å². The Morgan fingerprint density at radius 2 is 2.14 bits per heavy atom. The van der Waals surface area contributed by atoms with E-state index in [1.807, 2.05) is 25.1 Å². The van der Waals surface area contributed by atoms with E-state index in [1.54, 1.807) is 0 Å². The molecule has 1 N–H and O–H groups in total. The zero-order valence-electron chi connectivity index (χ0n) is 13.1. The molecule has 21 heavy (non-hydrogen) atoms. The first-order valence-corrected chi connectivity index (χ1v) is 7.93. The first kappa shape index (κ1) is 16.1. The van der Waals surface area contributed by atoms with E-state index in [0.717, 1.165) is 30.4 Å². The van der Waals surface area contributed by atoms with E-state index in [9.17, 15) is 5.11 Å². The van der Waals surface area contributed by atoms with Crippen molar-refractivity contribution < 1.29 is 14.6 Å². The van der Waals surface area contributed by atoms with E-state index in [1.165, 1.54) is 12.8 Å². The summed E-state index contributed by atoms with van der Waals surface area (Å²) in [5.74, 6) is 1.57. The summed E-state index contributed by atoms with van der Waals surface area (Å²) in [5, 5.41) is 9.82. The molecule has 118 valence electrons. The summed E-state index contributed by atoms with van der Waals surface area (Å²) in [6.07, 6.45) is 1.94.